The van der Waals surface area contributed by atoms with Gasteiger partial charge in [0.25, 0.3) is 0 Å². The van der Waals surface area contributed by atoms with E-state index in [2.05, 4.69) is 4.90 Å². The quantitative estimate of drug-likeness (QED) is 0.741. The Labute approximate surface area is 124 Å². The summed E-state index contributed by atoms with van der Waals surface area (Å²) in [6.45, 7) is 5.61. The highest BCUT2D eigenvalue weighted by molar-refractivity contribution is 5.83. The molecule has 2 amide bonds. The minimum Gasteiger partial charge on any atom is -0.480 e. The lowest BCUT2D eigenvalue weighted by Gasteiger charge is -2.45. The Balaban J connectivity index is 1.72. The zero-order valence-electron chi connectivity index (χ0n) is 12.4. The number of carbonyl (C=O) groups excluding carboxylic acids is 1. The van der Waals surface area contributed by atoms with Crippen LogP contribution in [0, 0.1) is 0 Å². The van der Waals surface area contributed by atoms with Gasteiger partial charge in [0.15, 0.2) is 6.04 Å². The number of fused-ring (bicyclic) bond motifs is 1. The van der Waals surface area contributed by atoms with Crippen molar-refractivity contribution >= 4 is 12.0 Å². The first kappa shape index (κ1) is 14.6. The van der Waals surface area contributed by atoms with E-state index in [0.29, 0.717) is 25.7 Å². The maximum Gasteiger partial charge on any atom is 0.328 e. The van der Waals surface area contributed by atoms with Crippen molar-refractivity contribution in [2.75, 3.05) is 39.4 Å². The molecular weight excluding hydrogens is 274 g/mol. The van der Waals surface area contributed by atoms with Crippen LogP contribution in [0.15, 0.2) is 0 Å². The molecule has 7 heteroatoms. The van der Waals surface area contributed by atoms with Crippen LogP contribution in [-0.2, 0) is 9.53 Å². The first-order chi connectivity index (χ1) is 10.1. The monoisotopic (exact) mass is 297 g/mol. The molecule has 0 aromatic heterocycles. The zero-order valence-corrected chi connectivity index (χ0v) is 12.4. The molecule has 118 valence electrons. The van der Waals surface area contributed by atoms with Gasteiger partial charge >= 0.3 is 12.0 Å². The van der Waals surface area contributed by atoms with E-state index >= 15 is 0 Å². The Morgan fingerprint density at radius 2 is 2.00 bits per heavy atom. The third-order valence-electron chi connectivity index (χ3n) is 4.84. The second-order valence-corrected chi connectivity index (χ2v) is 6.20. The van der Waals surface area contributed by atoms with Crippen molar-refractivity contribution in [3.05, 3.63) is 0 Å². The molecule has 0 spiro atoms. The van der Waals surface area contributed by atoms with Crippen LogP contribution in [0.2, 0.25) is 0 Å². The van der Waals surface area contributed by atoms with Gasteiger partial charge in [0, 0.05) is 31.7 Å². The van der Waals surface area contributed by atoms with Crippen molar-refractivity contribution in [3.8, 4) is 0 Å². The second kappa shape index (κ2) is 5.81. The lowest BCUT2D eigenvalue weighted by atomic mass is 10.1. The summed E-state index contributed by atoms with van der Waals surface area (Å²) in [6.07, 6.45) is 2.32. The van der Waals surface area contributed by atoms with Crippen LogP contribution in [0.25, 0.3) is 0 Å². The third-order valence-corrected chi connectivity index (χ3v) is 4.84. The van der Waals surface area contributed by atoms with Crippen LogP contribution in [0.1, 0.15) is 19.8 Å². The molecule has 7 nitrogen and oxygen atoms in total. The first-order valence-corrected chi connectivity index (χ1v) is 7.69. The number of aliphatic carboxylic acids is 1. The third kappa shape index (κ3) is 2.72. The summed E-state index contributed by atoms with van der Waals surface area (Å²) in [5.41, 5.74) is 0. The van der Waals surface area contributed by atoms with Crippen LogP contribution < -0.4 is 0 Å². The average Bonchev–Trinajstić information content (AvgIpc) is 2.92. The number of morpholine rings is 1. The fourth-order valence-electron chi connectivity index (χ4n) is 3.66. The maximum absolute atomic E-state index is 12.8. The topological polar surface area (TPSA) is 73.3 Å². The van der Waals surface area contributed by atoms with Crippen molar-refractivity contribution in [2.24, 2.45) is 0 Å². The standard InChI is InChI=1S/C14H23N3O4/c1-10-7-15-4-2-3-11(15)8-17(10)14(20)16-5-6-21-9-12(16)13(18)19/h10-12H,2-9H2,1H3,(H,18,19). The molecule has 0 bridgehead atoms. The Bertz CT molecular complexity index is 430. The molecule has 0 aromatic rings. The van der Waals surface area contributed by atoms with Gasteiger partial charge in [0.2, 0.25) is 0 Å². The van der Waals surface area contributed by atoms with Crippen molar-refractivity contribution in [1.29, 1.82) is 0 Å². The lowest BCUT2D eigenvalue weighted by Crippen LogP contribution is -2.63. The molecule has 0 saturated carbocycles. The molecule has 3 aliphatic rings. The predicted molar refractivity (Wildman–Crippen MR) is 75.1 cm³/mol. The molecule has 3 unspecified atom stereocenters. The number of amides is 2. The van der Waals surface area contributed by atoms with Gasteiger partial charge in [-0.15, -0.1) is 0 Å². The number of carbonyl (C=O) groups is 2. The van der Waals surface area contributed by atoms with Gasteiger partial charge in [0.05, 0.1) is 13.2 Å². The van der Waals surface area contributed by atoms with Crippen LogP contribution in [-0.4, -0.2) is 89.3 Å². The summed E-state index contributed by atoms with van der Waals surface area (Å²) < 4.78 is 5.21. The van der Waals surface area contributed by atoms with E-state index in [1.54, 1.807) is 0 Å². The highest BCUT2D eigenvalue weighted by Crippen LogP contribution is 2.26. The van der Waals surface area contributed by atoms with Crippen molar-refractivity contribution < 1.29 is 19.4 Å². The molecule has 3 aliphatic heterocycles. The Morgan fingerprint density at radius 1 is 1.19 bits per heavy atom. The van der Waals surface area contributed by atoms with Gasteiger partial charge in [-0.05, 0) is 26.3 Å². The highest BCUT2D eigenvalue weighted by Gasteiger charge is 2.41. The molecule has 3 fully saturated rings. The number of nitrogens with zero attached hydrogens (tertiary/aromatic N) is 3. The smallest absolute Gasteiger partial charge is 0.328 e. The number of ether oxygens (including phenoxy) is 1. The van der Waals surface area contributed by atoms with E-state index in [1.165, 1.54) is 11.3 Å². The summed E-state index contributed by atoms with van der Waals surface area (Å²) in [7, 11) is 0. The van der Waals surface area contributed by atoms with Crippen molar-refractivity contribution in [1.82, 2.24) is 14.7 Å². The summed E-state index contributed by atoms with van der Waals surface area (Å²) >= 11 is 0. The van der Waals surface area contributed by atoms with Gasteiger partial charge in [-0.3, -0.25) is 4.90 Å². The van der Waals surface area contributed by atoms with Crippen LogP contribution in [0.4, 0.5) is 4.79 Å². The van der Waals surface area contributed by atoms with E-state index in [-0.39, 0.29) is 18.7 Å². The number of carboxylic acids is 1. The molecular formula is C14H23N3O4. The van der Waals surface area contributed by atoms with Gasteiger partial charge in [-0.1, -0.05) is 0 Å². The van der Waals surface area contributed by atoms with E-state index in [0.717, 1.165) is 19.5 Å². The number of rotatable bonds is 1. The zero-order chi connectivity index (χ0) is 15.0. The van der Waals surface area contributed by atoms with Crippen molar-refractivity contribution in [3.63, 3.8) is 0 Å². The van der Waals surface area contributed by atoms with Gasteiger partial charge < -0.3 is 19.6 Å². The summed E-state index contributed by atoms with van der Waals surface area (Å²) in [4.78, 5) is 29.9. The molecule has 3 rings (SSSR count). The van der Waals surface area contributed by atoms with Crippen LogP contribution in [0.5, 0.6) is 0 Å². The second-order valence-electron chi connectivity index (χ2n) is 6.20. The lowest BCUT2D eigenvalue weighted by molar-refractivity contribution is -0.147. The minimum absolute atomic E-state index is 0.0822. The number of hydrogen-bond acceptors (Lipinski definition) is 4. The summed E-state index contributed by atoms with van der Waals surface area (Å²) in [6, 6.07) is -0.441. The molecule has 0 aliphatic carbocycles. The van der Waals surface area contributed by atoms with Gasteiger partial charge in [-0.25, -0.2) is 9.59 Å². The molecule has 21 heavy (non-hydrogen) atoms. The largest absolute Gasteiger partial charge is 0.480 e. The minimum atomic E-state index is -0.991. The fourth-order valence-corrected chi connectivity index (χ4v) is 3.66. The van der Waals surface area contributed by atoms with E-state index in [1.807, 2.05) is 11.8 Å². The van der Waals surface area contributed by atoms with E-state index in [4.69, 9.17) is 4.74 Å². The highest BCUT2D eigenvalue weighted by atomic mass is 16.5. The molecule has 0 aromatic carbocycles. The number of urea groups is 1. The average molecular weight is 297 g/mol. The number of carboxylic acid groups (broad SMARTS) is 1. The SMILES string of the molecule is CC1CN2CCCC2CN1C(=O)N1CCOCC1C(=O)O. The molecule has 0 radical (unpaired) electrons. The van der Waals surface area contributed by atoms with E-state index in [9.17, 15) is 14.7 Å². The van der Waals surface area contributed by atoms with Gasteiger partial charge in [0.1, 0.15) is 0 Å². The number of hydrogen-bond donors (Lipinski definition) is 1. The Morgan fingerprint density at radius 3 is 2.76 bits per heavy atom. The molecule has 3 saturated heterocycles. The summed E-state index contributed by atoms with van der Waals surface area (Å²) in [5.74, 6) is -0.991. The van der Waals surface area contributed by atoms with Crippen molar-refractivity contribution in [2.45, 2.75) is 37.9 Å². The van der Waals surface area contributed by atoms with Crippen LogP contribution in [0.3, 0.4) is 0 Å². The molecule has 3 atom stereocenters. The summed E-state index contributed by atoms with van der Waals surface area (Å²) in [5, 5.41) is 9.27. The molecule has 3 heterocycles. The maximum atomic E-state index is 12.8. The predicted octanol–water partition coefficient (Wildman–Crippen LogP) is 0.0603. The van der Waals surface area contributed by atoms with Crippen LogP contribution >= 0.6 is 0 Å². The number of piperazine rings is 1. The molecule has 1 N–H and O–H groups in total. The Kier molecular flexibility index (Phi) is 4.03. The Hall–Kier alpha value is -1.34. The normalized spacial score (nSPS) is 33.9. The first-order valence-electron chi connectivity index (χ1n) is 7.69. The van der Waals surface area contributed by atoms with E-state index < -0.39 is 12.0 Å². The fraction of sp³-hybridized carbons (Fsp3) is 0.857. The van der Waals surface area contributed by atoms with Gasteiger partial charge in [-0.2, -0.15) is 0 Å².